The highest BCUT2D eigenvalue weighted by molar-refractivity contribution is 5.36. The molecule has 1 aromatic rings. The third-order valence-corrected chi connectivity index (χ3v) is 2.76. The monoisotopic (exact) mass is 198 g/mol. The van der Waals surface area contributed by atoms with Crippen molar-refractivity contribution < 1.29 is 8.78 Å². The lowest BCUT2D eigenvalue weighted by atomic mass is 9.82. The van der Waals surface area contributed by atoms with Gasteiger partial charge < -0.3 is 11.1 Å². The van der Waals surface area contributed by atoms with E-state index in [4.69, 9.17) is 5.73 Å². The normalized spacial score (nSPS) is 19.1. The van der Waals surface area contributed by atoms with E-state index in [1.54, 1.807) is 13.0 Å². The van der Waals surface area contributed by atoms with Gasteiger partial charge in [0.15, 0.2) is 11.6 Å². The lowest BCUT2D eigenvalue weighted by Crippen LogP contribution is -2.63. The Hall–Kier alpha value is -1.00. The summed E-state index contributed by atoms with van der Waals surface area (Å²) in [6, 6.07) is 2.69. The third-order valence-electron chi connectivity index (χ3n) is 2.76. The first-order valence-corrected chi connectivity index (χ1v) is 4.49. The largest absolute Gasteiger partial charge is 0.319 e. The molecule has 76 valence electrons. The highest BCUT2D eigenvalue weighted by Gasteiger charge is 2.36. The summed E-state index contributed by atoms with van der Waals surface area (Å²) in [5, 5.41) is 3.02. The molecule has 0 bridgehead atoms. The Bertz CT molecular complexity index is 373. The molecule has 0 unspecified atom stereocenters. The molecule has 2 rings (SSSR count). The first-order valence-electron chi connectivity index (χ1n) is 4.49. The average Bonchev–Trinajstić information content (AvgIpc) is 2.11. The highest BCUT2D eigenvalue weighted by Crippen LogP contribution is 2.27. The zero-order valence-electron chi connectivity index (χ0n) is 7.90. The van der Waals surface area contributed by atoms with E-state index < -0.39 is 17.2 Å². The number of hydrogen-bond donors (Lipinski definition) is 2. The molecule has 1 heterocycles. The van der Waals surface area contributed by atoms with E-state index in [1.807, 2.05) is 0 Å². The van der Waals surface area contributed by atoms with Crippen molar-refractivity contribution in [2.45, 2.75) is 12.5 Å². The van der Waals surface area contributed by atoms with E-state index in [2.05, 4.69) is 5.32 Å². The minimum Gasteiger partial charge on any atom is -0.319 e. The maximum absolute atomic E-state index is 13.2. The maximum atomic E-state index is 13.2. The summed E-state index contributed by atoms with van der Waals surface area (Å²) in [6.07, 6.45) is 0. The van der Waals surface area contributed by atoms with Crippen molar-refractivity contribution in [3.63, 3.8) is 0 Å². The van der Waals surface area contributed by atoms with Crippen LogP contribution in [0.1, 0.15) is 11.1 Å². The van der Waals surface area contributed by atoms with E-state index in [1.165, 1.54) is 0 Å². The summed E-state index contributed by atoms with van der Waals surface area (Å²) in [5.41, 5.74) is 6.47. The molecular formula is C10H12F2N2. The number of halogens is 2. The molecule has 4 heteroatoms. The van der Waals surface area contributed by atoms with Crippen LogP contribution in [0.2, 0.25) is 0 Å². The van der Waals surface area contributed by atoms with E-state index in [0.717, 1.165) is 6.07 Å². The molecule has 0 atom stereocenters. The van der Waals surface area contributed by atoms with Crippen LogP contribution in [0.25, 0.3) is 0 Å². The molecule has 1 aliphatic rings. The maximum Gasteiger partial charge on any atom is 0.162 e. The van der Waals surface area contributed by atoms with Gasteiger partial charge in [0.2, 0.25) is 0 Å². The smallest absolute Gasteiger partial charge is 0.162 e. The quantitative estimate of drug-likeness (QED) is 0.707. The molecule has 1 saturated heterocycles. The highest BCUT2D eigenvalue weighted by atomic mass is 19.2. The van der Waals surface area contributed by atoms with Crippen molar-refractivity contribution in [2.75, 3.05) is 13.1 Å². The third kappa shape index (κ3) is 1.22. The van der Waals surface area contributed by atoms with Crippen LogP contribution in [-0.4, -0.2) is 13.1 Å². The first-order chi connectivity index (χ1) is 6.54. The van der Waals surface area contributed by atoms with E-state index in [0.29, 0.717) is 24.2 Å². The zero-order chi connectivity index (χ0) is 10.3. The van der Waals surface area contributed by atoms with Gasteiger partial charge in [0.25, 0.3) is 0 Å². The van der Waals surface area contributed by atoms with Crippen LogP contribution in [0.5, 0.6) is 0 Å². The van der Waals surface area contributed by atoms with Gasteiger partial charge in [-0.3, -0.25) is 0 Å². The van der Waals surface area contributed by atoms with Crippen LogP contribution < -0.4 is 11.1 Å². The van der Waals surface area contributed by atoms with Gasteiger partial charge >= 0.3 is 0 Å². The molecular weight excluding hydrogens is 186 g/mol. The van der Waals surface area contributed by atoms with Crippen molar-refractivity contribution in [3.8, 4) is 0 Å². The Morgan fingerprint density at radius 1 is 1.36 bits per heavy atom. The summed E-state index contributed by atoms with van der Waals surface area (Å²) in [6.45, 7) is 2.78. The minimum absolute atomic E-state index is 0.314. The molecule has 0 aromatic heterocycles. The standard InChI is InChI=1S/C10H12F2N2/c1-6-7(10(13)4-14-5-10)2-3-8(11)9(6)12/h2-3,14H,4-5,13H2,1H3. The number of benzene rings is 1. The lowest BCUT2D eigenvalue weighted by molar-refractivity contribution is 0.284. The van der Waals surface area contributed by atoms with Crippen molar-refractivity contribution in [1.29, 1.82) is 0 Å². The van der Waals surface area contributed by atoms with Crippen LogP contribution in [0.15, 0.2) is 12.1 Å². The molecule has 0 spiro atoms. The molecule has 1 aromatic carbocycles. The molecule has 14 heavy (non-hydrogen) atoms. The number of nitrogens with one attached hydrogen (secondary N) is 1. The van der Waals surface area contributed by atoms with E-state index in [9.17, 15) is 8.78 Å². The van der Waals surface area contributed by atoms with Gasteiger partial charge in [0, 0.05) is 13.1 Å². The van der Waals surface area contributed by atoms with Crippen molar-refractivity contribution in [3.05, 3.63) is 34.9 Å². The van der Waals surface area contributed by atoms with Crippen LogP contribution in [0.4, 0.5) is 8.78 Å². The Morgan fingerprint density at radius 3 is 2.50 bits per heavy atom. The van der Waals surface area contributed by atoms with Gasteiger partial charge in [-0.1, -0.05) is 6.07 Å². The molecule has 0 saturated carbocycles. The summed E-state index contributed by atoms with van der Waals surface area (Å²) in [4.78, 5) is 0. The van der Waals surface area contributed by atoms with Crippen molar-refractivity contribution in [1.82, 2.24) is 5.32 Å². The van der Waals surface area contributed by atoms with Gasteiger partial charge in [-0.15, -0.1) is 0 Å². The molecule has 0 radical (unpaired) electrons. The van der Waals surface area contributed by atoms with Gasteiger partial charge in [-0.25, -0.2) is 8.78 Å². The first kappa shape index (κ1) is 9.55. The van der Waals surface area contributed by atoms with Crippen LogP contribution in [0.3, 0.4) is 0 Å². The second kappa shape index (κ2) is 3.00. The van der Waals surface area contributed by atoms with Gasteiger partial charge in [-0.05, 0) is 24.1 Å². The fourth-order valence-corrected chi connectivity index (χ4v) is 1.78. The Balaban J connectivity index is 2.49. The fourth-order valence-electron chi connectivity index (χ4n) is 1.78. The topological polar surface area (TPSA) is 38.0 Å². The van der Waals surface area contributed by atoms with Crippen LogP contribution >= 0.6 is 0 Å². The average molecular weight is 198 g/mol. The predicted molar refractivity (Wildman–Crippen MR) is 49.8 cm³/mol. The van der Waals surface area contributed by atoms with E-state index in [-0.39, 0.29) is 0 Å². The molecule has 1 aliphatic heterocycles. The van der Waals surface area contributed by atoms with Crippen molar-refractivity contribution >= 4 is 0 Å². The molecule has 0 amide bonds. The number of nitrogens with two attached hydrogens (primary N) is 1. The fraction of sp³-hybridized carbons (Fsp3) is 0.400. The molecule has 0 aliphatic carbocycles. The second-order valence-corrected chi connectivity index (χ2v) is 3.79. The number of rotatable bonds is 1. The SMILES string of the molecule is Cc1c(C2(N)CNC2)ccc(F)c1F. The van der Waals surface area contributed by atoms with Crippen LogP contribution in [0, 0.1) is 18.6 Å². The molecule has 2 nitrogen and oxygen atoms in total. The second-order valence-electron chi connectivity index (χ2n) is 3.79. The summed E-state index contributed by atoms with van der Waals surface area (Å²) < 4.78 is 26.1. The van der Waals surface area contributed by atoms with Gasteiger partial charge in [0.1, 0.15) is 0 Å². The van der Waals surface area contributed by atoms with Gasteiger partial charge in [-0.2, -0.15) is 0 Å². The van der Waals surface area contributed by atoms with E-state index >= 15 is 0 Å². The summed E-state index contributed by atoms with van der Waals surface area (Å²) in [5.74, 6) is -1.61. The molecule has 3 N–H and O–H groups in total. The number of hydrogen-bond acceptors (Lipinski definition) is 2. The van der Waals surface area contributed by atoms with Crippen molar-refractivity contribution in [2.24, 2.45) is 5.73 Å². The summed E-state index contributed by atoms with van der Waals surface area (Å²) in [7, 11) is 0. The minimum atomic E-state index is -0.817. The predicted octanol–water partition coefficient (Wildman–Crippen LogP) is 1.03. The lowest BCUT2D eigenvalue weighted by Gasteiger charge is -2.40. The van der Waals surface area contributed by atoms with Crippen LogP contribution in [-0.2, 0) is 5.54 Å². The molecule has 1 fully saturated rings. The summed E-state index contributed by atoms with van der Waals surface area (Å²) >= 11 is 0. The Morgan fingerprint density at radius 2 is 2.00 bits per heavy atom. The Kier molecular flexibility index (Phi) is 2.05. The zero-order valence-corrected chi connectivity index (χ0v) is 7.90. The Labute approximate surface area is 81.1 Å². The van der Waals surface area contributed by atoms with Gasteiger partial charge in [0.05, 0.1) is 5.54 Å².